The number of amides is 1. The first kappa shape index (κ1) is 20.0. The fourth-order valence-corrected chi connectivity index (χ4v) is 5.70. The number of carbonyl (C=O) groups is 1. The molecule has 148 valence electrons. The first-order valence-corrected chi connectivity index (χ1v) is 12.3. The Bertz CT molecular complexity index is 1070. The molecule has 0 aliphatic carbocycles. The van der Waals surface area contributed by atoms with E-state index < -0.39 is 0 Å². The molecule has 29 heavy (non-hydrogen) atoms. The van der Waals surface area contributed by atoms with Crippen molar-refractivity contribution in [2.75, 3.05) is 11.9 Å². The third kappa shape index (κ3) is 5.21. The van der Waals surface area contributed by atoms with Crippen LogP contribution in [0.5, 0.6) is 5.75 Å². The zero-order valence-corrected chi connectivity index (χ0v) is 18.6. The van der Waals surface area contributed by atoms with Crippen LogP contribution in [0.2, 0.25) is 0 Å². The lowest BCUT2D eigenvalue weighted by molar-refractivity contribution is 0.102. The maximum absolute atomic E-state index is 12.5. The van der Waals surface area contributed by atoms with Crippen molar-refractivity contribution in [3.05, 3.63) is 57.7 Å². The van der Waals surface area contributed by atoms with Crippen molar-refractivity contribution in [1.82, 2.24) is 15.2 Å². The van der Waals surface area contributed by atoms with Crippen LogP contribution in [0.4, 0.5) is 5.13 Å². The summed E-state index contributed by atoms with van der Waals surface area (Å²) in [5.74, 6) is 1.37. The number of benzene rings is 1. The third-order valence-electron chi connectivity index (χ3n) is 3.69. The highest BCUT2D eigenvalue weighted by atomic mass is 32.2. The van der Waals surface area contributed by atoms with Crippen LogP contribution in [0.3, 0.4) is 0 Å². The molecule has 10 heteroatoms. The number of nitrogens with zero attached hydrogens (tertiary/aromatic N) is 3. The number of thiophene rings is 1. The number of hydrogen-bond acceptors (Lipinski definition) is 9. The van der Waals surface area contributed by atoms with E-state index in [-0.39, 0.29) is 5.91 Å². The van der Waals surface area contributed by atoms with E-state index in [1.54, 1.807) is 28.5 Å². The second-order valence-electron chi connectivity index (χ2n) is 5.69. The number of nitrogens with one attached hydrogen (secondary N) is 1. The molecule has 1 aromatic carbocycles. The number of rotatable bonds is 8. The maximum atomic E-state index is 12.5. The Labute approximate surface area is 184 Å². The Balaban J connectivity index is 1.36. The molecule has 0 saturated carbocycles. The van der Waals surface area contributed by atoms with E-state index in [1.807, 2.05) is 37.3 Å². The lowest BCUT2D eigenvalue weighted by Gasteiger charge is -2.03. The fourth-order valence-electron chi connectivity index (χ4n) is 2.38. The monoisotopic (exact) mass is 460 g/mol. The Kier molecular flexibility index (Phi) is 6.55. The Morgan fingerprint density at radius 2 is 2.03 bits per heavy atom. The van der Waals surface area contributed by atoms with E-state index in [0.29, 0.717) is 17.4 Å². The van der Waals surface area contributed by atoms with Gasteiger partial charge in [-0.2, -0.15) is 0 Å². The van der Waals surface area contributed by atoms with Gasteiger partial charge in [0.1, 0.15) is 16.5 Å². The summed E-state index contributed by atoms with van der Waals surface area (Å²) in [6.07, 6.45) is 0. The highest BCUT2D eigenvalue weighted by molar-refractivity contribution is 8.00. The zero-order chi connectivity index (χ0) is 20.1. The van der Waals surface area contributed by atoms with Crippen LogP contribution in [-0.4, -0.2) is 27.7 Å². The number of ether oxygens (including phenoxy) is 1. The van der Waals surface area contributed by atoms with Crippen molar-refractivity contribution in [3.63, 3.8) is 0 Å². The number of thioether (sulfide) groups is 1. The van der Waals surface area contributed by atoms with Crippen LogP contribution in [-0.2, 0) is 5.75 Å². The number of anilines is 1. The molecule has 0 saturated heterocycles. The summed E-state index contributed by atoms with van der Waals surface area (Å²) in [6.45, 7) is 2.57. The Morgan fingerprint density at radius 1 is 1.17 bits per heavy atom. The van der Waals surface area contributed by atoms with Gasteiger partial charge in [0.25, 0.3) is 5.91 Å². The molecule has 3 aromatic heterocycles. The van der Waals surface area contributed by atoms with Crippen molar-refractivity contribution in [2.24, 2.45) is 0 Å². The summed E-state index contributed by atoms with van der Waals surface area (Å²) in [4.78, 5) is 18.2. The molecule has 4 rings (SSSR count). The predicted octanol–water partition coefficient (Wildman–Crippen LogP) is 5.67. The van der Waals surface area contributed by atoms with E-state index >= 15 is 0 Å². The van der Waals surface area contributed by atoms with Gasteiger partial charge in [-0.25, -0.2) is 4.98 Å². The largest absolute Gasteiger partial charge is 0.494 e. The lowest BCUT2D eigenvalue weighted by Crippen LogP contribution is -2.12. The summed E-state index contributed by atoms with van der Waals surface area (Å²) in [6, 6.07) is 11.8. The van der Waals surface area contributed by atoms with Crippen molar-refractivity contribution in [2.45, 2.75) is 17.0 Å². The number of aromatic nitrogens is 3. The van der Waals surface area contributed by atoms with Gasteiger partial charge in [-0.3, -0.25) is 10.1 Å². The molecule has 1 N–H and O–H groups in total. The minimum Gasteiger partial charge on any atom is -0.494 e. The normalized spacial score (nSPS) is 10.8. The zero-order valence-electron chi connectivity index (χ0n) is 15.3. The van der Waals surface area contributed by atoms with Crippen LogP contribution in [0.15, 0.2) is 51.5 Å². The highest BCUT2D eigenvalue weighted by Gasteiger charge is 2.15. The maximum Gasteiger partial charge on any atom is 0.276 e. The molecule has 6 nitrogen and oxygen atoms in total. The minimum atomic E-state index is -0.288. The molecule has 0 unspecified atom stereocenters. The van der Waals surface area contributed by atoms with Gasteiger partial charge in [0.2, 0.25) is 5.13 Å². The van der Waals surface area contributed by atoms with Crippen molar-refractivity contribution < 1.29 is 9.53 Å². The average molecular weight is 461 g/mol. The summed E-state index contributed by atoms with van der Waals surface area (Å²) in [7, 11) is 0. The van der Waals surface area contributed by atoms with Crippen molar-refractivity contribution in [3.8, 4) is 16.3 Å². The highest BCUT2D eigenvalue weighted by Crippen LogP contribution is 2.30. The molecule has 4 aromatic rings. The van der Waals surface area contributed by atoms with E-state index in [1.165, 1.54) is 27.6 Å². The average Bonchev–Trinajstić information content (AvgIpc) is 3.49. The summed E-state index contributed by atoms with van der Waals surface area (Å²) in [5.41, 5.74) is 1.31. The molecule has 3 heterocycles. The van der Waals surface area contributed by atoms with Gasteiger partial charge in [0.05, 0.1) is 6.61 Å². The summed E-state index contributed by atoms with van der Waals surface area (Å²) in [5, 5.41) is 16.0. The smallest absolute Gasteiger partial charge is 0.276 e. The molecular formula is C19H16N4O2S4. The van der Waals surface area contributed by atoms with E-state index in [9.17, 15) is 4.79 Å². The van der Waals surface area contributed by atoms with Gasteiger partial charge in [-0.1, -0.05) is 29.2 Å². The van der Waals surface area contributed by atoms with E-state index in [0.717, 1.165) is 26.4 Å². The van der Waals surface area contributed by atoms with Gasteiger partial charge in [0.15, 0.2) is 4.34 Å². The van der Waals surface area contributed by atoms with Gasteiger partial charge < -0.3 is 4.74 Å². The standard InChI is InChI=1S/C19H16N4O2S4/c1-2-25-13-7-5-12(6-8-13)17-20-15(11-27-17)16(24)21-18-22-23-19(29-18)28-10-14-4-3-9-26-14/h3-9,11H,2,10H2,1H3,(H,21,22,24). The quantitative estimate of drug-likeness (QED) is 0.270. The van der Waals surface area contributed by atoms with Gasteiger partial charge in [-0.15, -0.1) is 32.9 Å². The number of thiazole rings is 1. The molecule has 0 radical (unpaired) electrons. The molecule has 0 bridgehead atoms. The topological polar surface area (TPSA) is 77.0 Å². The molecule has 1 amide bonds. The van der Waals surface area contributed by atoms with Crippen LogP contribution in [0.1, 0.15) is 22.3 Å². The molecule has 0 aliphatic heterocycles. The van der Waals surface area contributed by atoms with Crippen LogP contribution >= 0.6 is 45.8 Å². The number of hydrogen-bond donors (Lipinski definition) is 1. The van der Waals surface area contributed by atoms with E-state index in [4.69, 9.17) is 4.74 Å². The third-order valence-corrected chi connectivity index (χ3v) is 7.67. The SMILES string of the molecule is CCOc1ccc(-c2nc(C(=O)Nc3nnc(SCc4cccs4)s3)cs2)cc1. The first-order chi connectivity index (χ1) is 14.2. The second-order valence-corrected chi connectivity index (χ2v) is 9.78. The Hall–Kier alpha value is -2.27. The predicted molar refractivity (Wildman–Crippen MR) is 120 cm³/mol. The first-order valence-electron chi connectivity index (χ1n) is 8.70. The molecule has 0 spiro atoms. The summed E-state index contributed by atoms with van der Waals surface area (Å²) < 4.78 is 6.27. The van der Waals surface area contributed by atoms with Crippen molar-refractivity contribution in [1.29, 1.82) is 0 Å². The summed E-state index contributed by atoms with van der Waals surface area (Å²) >= 11 is 6.11. The number of carbonyl (C=O) groups excluding carboxylic acids is 1. The van der Waals surface area contributed by atoms with Crippen LogP contribution in [0, 0.1) is 0 Å². The lowest BCUT2D eigenvalue weighted by atomic mass is 10.2. The fraction of sp³-hybridized carbons (Fsp3) is 0.158. The molecule has 0 fully saturated rings. The molecule has 0 aliphatic rings. The Morgan fingerprint density at radius 3 is 2.79 bits per heavy atom. The van der Waals surface area contributed by atoms with Gasteiger partial charge >= 0.3 is 0 Å². The molecule has 0 atom stereocenters. The van der Waals surface area contributed by atoms with Crippen LogP contribution in [0.25, 0.3) is 10.6 Å². The van der Waals surface area contributed by atoms with E-state index in [2.05, 4.69) is 31.9 Å². The van der Waals surface area contributed by atoms with Crippen LogP contribution < -0.4 is 10.1 Å². The molecular weight excluding hydrogens is 445 g/mol. The second kappa shape index (κ2) is 9.49. The van der Waals surface area contributed by atoms with Crippen molar-refractivity contribution >= 4 is 56.8 Å². The van der Waals surface area contributed by atoms with Gasteiger partial charge in [-0.05, 0) is 42.6 Å². The minimum absolute atomic E-state index is 0.288. The van der Waals surface area contributed by atoms with Gasteiger partial charge in [0, 0.05) is 21.6 Å².